The Bertz CT molecular complexity index is 210. The molecule has 0 spiro atoms. The zero-order valence-electron chi connectivity index (χ0n) is 9.60. The van der Waals surface area contributed by atoms with Crippen molar-refractivity contribution in [3.05, 3.63) is 30.7 Å². The van der Waals surface area contributed by atoms with E-state index in [9.17, 15) is 4.79 Å². The molecule has 1 unspecified atom stereocenters. The summed E-state index contributed by atoms with van der Waals surface area (Å²) in [6.45, 7) is 6.50. The average Bonchev–Trinajstić information content (AvgIpc) is 2.18. The van der Waals surface area contributed by atoms with Crippen LogP contribution in [-0.2, 0) is 30.6 Å². The molecule has 0 radical (unpaired) electrons. The molecule has 0 saturated carbocycles. The molecule has 0 aliphatic carbocycles. The first-order chi connectivity index (χ1) is 6.70. The average molecular weight is 379 g/mol. The van der Waals surface area contributed by atoms with Gasteiger partial charge in [0, 0.05) is 27.1 Å². The Labute approximate surface area is 107 Å². The van der Waals surface area contributed by atoms with Gasteiger partial charge < -0.3 is 11.2 Å². The molecule has 0 fully saturated rings. The topological polar surface area (TPSA) is 26.3 Å². The van der Waals surface area contributed by atoms with E-state index in [1.165, 1.54) is 6.08 Å². The Balaban J connectivity index is 0. The van der Waals surface area contributed by atoms with Crippen LogP contribution in [0.2, 0.25) is 0 Å². The van der Waals surface area contributed by atoms with Crippen molar-refractivity contribution in [2.24, 2.45) is 5.92 Å². The third-order valence-electron chi connectivity index (χ3n) is 1.92. The zero-order chi connectivity index (χ0) is 10.8. The van der Waals surface area contributed by atoms with Gasteiger partial charge in [0.2, 0.25) is 0 Å². The maximum atomic E-state index is 11.0. The van der Waals surface area contributed by atoms with Crippen LogP contribution in [0.1, 0.15) is 27.2 Å². The van der Waals surface area contributed by atoms with Crippen LogP contribution < -0.4 is 0 Å². The molecule has 0 aromatic carbocycles. The van der Waals surface area contributed by atoms with Crippen molar-refractivity contribution in [1.29, 1.82) is 0 Å². The van der Waals surface area contributed by atoms with Crippen molar-refractivity contribution in [2.45, 2.75) is 27.2 Å². The molecule has 0 saturated heterocycles. The second-order valence-electron chi connectivity index (χ2n) is 3.15. The fraction of sp³-hybridized carbons (Fsp3) is 0.500. The molecule has 0 N–H and O–H groups in total. The number of ether oxygens (including phenoxy) is 1. The first-order valence-electron chi connectivity index (χ1n) is 4.96. The molecule has 86 valence electrons. The molecule has 0 aromatic rings. The van der Waals surface area contributed by atoms with E-state index >= 15 is 0 Å². The monoisotopic (exact) mass is 379 g/mol. The van der Waals surface area contributed by atoms with Gasteiger partial charge in [0.15, 0.2) is 0 Å². The van der Waals surface area contributed by atoms with Crippen molar-refractivity contribution in [2.75, 3.05) is 6.61 Å². The van der Waals surface area contributed by atoms with Gasteiger partial charge in [-0.05, 0) is 13.3 Å². The molecule has 0 aliphatic rings. The summed E-state index contributed by atoms with van der Waals surface area (Å²) in [7, 11) is 0. The summed E-state index contributed by atoms with van der Waals surface area (Å²) in [6, 6.07) is 0. The largest absolute Gasteiger partial charge is 0.463 e. The Hall–Kier alpha value is -0.362. The molecule has 0 rings (SSSR count). The summed E-state index contributed by atoms with van der Waals surface area (Å²) in [5.74, 6) is 0.230. The van der Waals surface area contributed by atoms with Crippen molar-refractivity contribution >= 4 is 5.97 Å². The van der Waals surface area contributed by atoms with E-state index in [1.54, 1.807) is 12.2 Å². The Morgan fingerprint density at radius 2 is 2.13 bits per heavy atom. The van der Waals surface area contributed by atoms with E-state index in [0.29, 0.717) is 12.5 Å². The quantitative estimate of drug-likeness (QED) is 0.307. The maximum absolute atomic E-state index is 11.0. The van der Waals surface area contributed by atoms with Crippen LogP contribution in [0.25, 0.3) is 0 Å². The smallest absolute Gasteiger partial charge is 0.330 e. The summed E-state index contributed by atoms with van der Waals surface area (Å²) >= 11 is 0. The van der Waals surface area contributed by atoms with Gasteiger partial charge >= 0.3 is 5.97 Å². The molecule has 0 amide bonds. The van der Waals surface area contributed by atoms with Gasteiger partial charge in [0.05, 0.1) is 6.61 Å². The normalized spacial score (nSPS) is 12.7. The zero-order valence-corrected chi connectivity index (χ0v) is 12.5. The van der Waals surface area contributed by atoms with Gasteiger partial charge in [-0.15, -0.1) is 0 Å². The van der Waals surface area contributed by atoms with Crippen LogP contribution in [0.4, 0.5) is 0 Å². The Kier molecular flexibility index (Phi) is 13.3. The van der Waals surface area contributed by atoms with E-state index in [0.717, 1.165) is 6.42 Å². The predicted molar refractivity (Wildman–Crippen MR) is 58.7 cm³/mol. The molecule has 1 atom stereocenters. The van der Waals surface area contributed by atoms with Crippen molar-refractivity contribution in [3.63, 3.8) is 0 Å². The van der Waals surface area contributed by atoms with E-state index in [4.69, 9.17) is 4.74 Å². The standard InChI is InChI=1S/C12H19O2.W/c1-4-6-7-8-12(13)14-10-9-11(3)5-2;/h4-8,11H,9-10H2,1-3H3;/q-1;/b6-4+,8-7+;. The number of carbonyl (C=O) groups excluding carboxylic acids is 1. The van der Waals surface area contributed by atoms with Crippen LogP contribution >= 0.6 is 0 Å². The van der Waals surface area contributed by atoms with Crippen molar-refractivity contribution in [1.82, 2.24) is 0 Å². The van der Waals surface area contributed by atoms with Crippen LogP contribution in [0.3, 0.4) is 0 Å². The molecular formula is C12H19O2W-. The fourth-order valence-electron chi connectivity index (χ4n) is 0.805. The summed E-state index contributed by atoms with van der Waals surface area (Å²) in [5.41, 5.74) is 0. The number of carbonyl (C=O) groups is 1. The van der Waals surface area contributed by atoms with E-state index < -0.39 is 0 Å². The Morgan fingerprint density at radius 1 is 1.47 bits per heavy atom. The fourth-order valence-corrected chi connectivity index (χ4v) is 0.805. The summed E-state index contributed by atoms with van der Waals surface area (Å²) in [5, 5.41) is 0. The molecular weight excluding hydrogens is 360 g/mol. The molecule has 0 heterocycles. The molecule has 2 nitrogen and oxygen atoms in total. The molecule has 3 heteroatoms. The second-order valence-corrected chi connectivity index (χ2v) is 3.15. The second kappa shape index (κ2) is 11.7. The summed E-state index contributed by atoms with van der Waals surface area (Å²) in [6.07, 6.45) is 9.75. The van der Waals surface area contributed by atoms with Gasteiger partial charge in [-0.25, -0.2) is 4.79 Å². The van der Waals surface area contributed by atoms with Gasteiger partial charge in [0.1, 0.15) is 0 Å². The SMILES string of the molecule is C/C=C/C=C/C(=O)OCCC(C)[CH-]C.[W]. The number of rotatable bonds is 6. The van der Waals surface area contributed by atoms with Crippen molar-refractivity contribution < 1.29 is 30.6 Å². The van der Waals surface area contributed by atoms with Gasteiger partial charge in [0.25, 0.3) is 0 Å². The van der Waals surface area contributed by atoms with Crippen molar-refractivity contribution in [3.8, 4) is 0 Å². The minimum absolute atomic E-state index is 0. The summed E-state index contributed by atoms with van der Waals surface area (Å²) < 4.78 is 4.98. The Morgan fingerprint density at radius 3 is 2.67 bits per heavy atom. The minimum Gasteiger partial charge on any atom is -0.463 e. The number of hydrogen-bond acceptors (Lipinski definition) is 2. The van der Waals surface area contributed by atoms with Gasteiger partial charge in [-0.2, -0.15) is 12.8 Å². The van der Waals surface area contributed by atoms with E-state index in [1.807, 2.05) is 19.9 Å². The molecule has 0 bridgehead atoms. The third-order valence-corrected chi connectivity index (χ3v) is 1.92. The molecule has 15 heavy (non-hydrogen) atoms. The van der Waals surface area contributed by atoms with Crippen LogP contribution in [0.5, 0.6) is 0 Å². The van der Waals surface area contributed by atoms with Gasteiger partial charge in [-0.3, -0.25) is 0 Å². The third kappa shape index (κ3) is 11.6. The minimum atomic E-state index is -0.272. The number of allylic oxidation sites excluding steroid dienone is 3. The number of esters is 1. The van der Waals surface area contributed by atoms with Crippen LogP contribution in [-0.4, -0.2) is 12.6 Å². The van der Waals surface area contributed by atoms with E-state index in [2.05, 4.69) is 13.3 Å². The van der Waals surface area contributed by atoms with E-state index in [-0.39, 0.29) is 27.0 Å². The molecule has 0 aromatic heterocycles. The predicted octanol–water partition coefficient (Wildman–Crippen LogP) is 2.91. The van der Waals surface area contributed by atoms with Crippen LogP contribution in [0.15, 0.2) is 24.3 Å². The maximum Gasteiger partial charge on any atom is 0.330 e. The molecule has 0 aliphatic heterocycles. The number of hydrogen-bond donors (Lipinski definition) is 0. The van der Waals surface area contributed by atoms with Crippen LogP contribution in [0, 0.1) is 12.3 Å². The first kappa shape index (κ1) is 17.0. The van der Waals surface area contributed by atoms with Gasteiger partial charge in [-0.1, -0.05) is 25.2 Å². The first-order valence-corrected chi connectivity index (χ1v) is 4.96. The summed E-state index contributed by atoms with van der Waals surface area (Å²) in [4.78, 5) is 11.0.